The fraction of sp³-hybridized carbons (Fsp3) is 0.300. The van der Waals surface area contributed by atoms with Crippen LogP contribution in [0.2, 0.25) is 0 Å². The van der Waals surface area contributed by atoms with Gasteiger partial charge in [0.15, 0.2) is 11.6 Å². The first-order valence-electron chi connectivity index (χ1n) is 4.51. The highest BCUT2D eigenvalue weighted by molar-refractivity contribution is 9.10. The molecule has 0 heterocycles. The first-order chi connectivity index (χ1) is 7.79. The van der Waals surface area contributed by atoms with Gasteiger partial charge >= 0.3 is 6.18 Å². The molecule has 0 N–H and O–H groups in total. The maximum absolute atomic E-state index is 13.6. The van der Waals surface area contributed by atoms with Crippen molar-refractivity contribution in [3.05, 3.63) is 28.0 Å². The summed E-state index contributed by atoms with van der Waals surface area (Å²) >= 11 is 2.92. The van der Waals surface area contributed by atoms with E-state index in [1.165, 1.54) is 0 Å². The van der Waals surface area contributed by atoms with E-state index in [1.54, 1.807) is 6.92 Å². The number of alkyl halides is 3. The molecule has 0 aliphatic heterocycles. The molecule has 2 nitrogen and oxygen atoms in total. The van der Waals surface area contributed by atoms with Crippen molar-refractivity contribution in [1.82, 2.24) is 0 Å². The van der Waals surface area contributed by atoms with Gasteiger partial charge in [0.25, 0.3) is 5.78 Å². The fourth-order valence-corrected chi connectivity index (χ4v) is 1.56. The lowest BCUT2D eigenvalue weighted by Gasteiger charge is -2.11. The Hall–Kier alpha value is -1.11. The maximum atomic E-state index is 13.6. The number of Topliss-reactive ketones (excluding diaryl/α,β-unsaturated/α-hetero) is 1. The second-order valence-corrected chi connectivity index (χ2v) is 3.85. The summed E-state index contributed by atoms with van der Waals surface area (Å²) in [5.41, 5.74) is -1.05. The molecule has 94 valence electrons. The Labute approximate surface area is 103 Å². The number of benzene rings is 1. The molecule has 0 atom stereocenters. The van der Waals surface area contributed by atoms with E-state index in [9.17, 15) is 22.4 Å². The highest BCUT2D eigenvalue weighted by atomic mass is 79.9. The molecule has 0 saturated heterocycles. The van der Waals surface area contributed by atoms with Gasteiger partial charge in [0.2, 0.25) is 0 Å². The van der Waals surface area contributed by atoms with E-state index >= 15 is 0 Å². The molecule has 1 rings (SSSR count). The average Bonchev–Trinajstić information content (AvgIpc) is 2.22. The smallest absolute Gasteiger partial charge is 0.454 e. The second kappa shape index (κ2) is 5.03. The van der Waals surface area contributed by atoms with Crippen molar-refractivity contribution in [3.8, 4) is 5.75 Å². The molecule has 17 heavy (non-hydrogen) atoms. The molecule has 0 saturated carbocycles. The van der Waals surface area contributed by atoms with Gasteiger partial charge in [0.05, 0.1) is 16.6 Å². The lowest BCUT2D eigenvalue weighted by atomic mass is 10.1. The third-order valence-electron chi connectivity index (χ3n) is 1.84. The van der Waals surface area contributed by atoms with E-state index < -0.39 is 29.1 Å². The van der Waals surface area contributed by atoms with Crippen molar-refractivity contribution in [2.24, 2.45) is 0 Å². The van der Waals surface area contributed by atoms with Crippen LogP contribution in [-0.2, 0) is 0 Å². The zero-order valence-corrected chi connectivity index (χ0v) is 10.2. The van der Waals surface area contributed by atoms with Gasteiger partial charge in [-0.25, -0.2) is 4.39 Å². The number of carbonyl (C=O) groups is 1. The minimum atomic E-state index is -5.11. The Morgan fingerprint density at radius 1 is 1.41 bits per heavy atom. The largest absolute Gasteiger partial charge is 0.490 e. The molecule has 0 bridgehead atoms. The number of carbonyl (C=O) groups excluding carboxylic acids is 1. The van der Waals surface area contributed by atoms with Gasteiger partial charge in [-0.15, -0.1) is 0 Å². The van der Waals surface area contributed by atoms with Crippen LogP contribution in [0.3, 0.4) is 0 Å². The van der Waals surface area contributed by atoms with Crippen molar-refractivity contribution < 1.29 is 27.1 Å². The van der Waals surface area contributed by atoms with Gasteiger partial charge in [0, 0.05) is 0 Å². The van der Waals surface area contributed by atoms with Crippen LogP contribution in [-0.4, -0.2) is 18.6 Å². The standard InChI is InChI=1S/C10H7BrF4O2/c1-2-17-8-6(11)4-3-5(7(8)12)9(16)10(13,14)15/h3-4H,2H2,1H3. The third-order valence-corrected chi connectivity index (χ3v) is 2.46. The molecule has 1 aromatic carbocycles. The van der Waals surface area contributed by atoms with E-state index in [0.29, 0.717) is 0 Å². The minimum Gasteiger partial charge on any atom is -0.490 e. The van der Waals surface area contributed by atoms with Gasteiger partial charge in [-0.2, -0.15) is 13.2 Å². The Kier molecular flexibility index (Phi) is 4.13. The molecule has 0 aliphatic rings. The zero-order valence-electron chi connectivity index (χ0n) is 8.57. The SMILES string of the molecule is CCOc1c(Br)ccc(C(=O)C(F)(F)F)c1F. The summed E-state index contributed by atoms with van der Waals surface area (Å²) in [6, 6.07) is 1.89. The second-order valence-electron chi connectivity index (χ2n) is 3.00. The average molecular weight is 315 g/mol. The molecule has 0 amide bonds. The van der Waals surface area contributed by atoms with Crippen LogP contribution in [0.15, 0.2) is 16.6 Å². The topological polar surface area (TPSA) is 26.3 Å². The normalized spacial score (nSPS) is 11.4. The summed E-state index contributed by atoms with van der Waals surface area (Å²) in [5, 5.41) is 0. The Morgan fingerprint density at radius 2 is 2.00 bits per heavy atom. The van der Waals surface area contributed by atoms with Gasteiger partial charge < -0.3 is 4.74 Å². The quantitative estimate of drug-likeness (QED) is 0.627. The van der Waals surface area contributed by atoms with E-state index in [2.05, 4.69) is 15.9 Å². The van der Waals surface area contributed by atoms with Crippen molar-refractivity contribution in [2.45, 2.75) is 13.1 Å². The molecule has 0 radical (unpaired) electrons. The van der Waals surface area contributed by atoms with Crippen molar-refractivity contribution >= 4 is 21.7 Å². The monoisotopic (exact) mass is 314 g/mol. The lowest BCUT2D eigenvalue weighted by Crippen LogP contribution is -2.24. The number of rotatable bonds is 3. The maximum Gasteiger partial charge on any atom is 0.454 e. The van der Waals surface area contributed by atoms with Crippen LogP contribution in [0.4, 0.5) is 17.6 Å². The number of hydrogen-bond donors (Lipinski definition) is 0. The molecule has 0 unspecified atom stereocenters. The third kappa shape index (κ3) is 2.96. The summed E-state index contributed by atoms with van der Waals surface area (Å²) in [5.74, 6) is -3.95. The van der Waals surface area contributed by atoms with Crippen molar-refractivity contribution in [1.29, 1.82) is 0 Å². The number of ether oxygens (including phenoxy) is 1. The van der Waals surface area contributed by atoms with Crippen molar-refractivity contribution in [2.75, 3.05) is 6.61 Å². The Bertz CT molecular complexity index is 443. The molecular weight excluding hydrogens is 308 g/mol. The van der Waals surface area contributed by atoms with Crippen LogP contribution in [0.1, 0.15) is 17.3 Å². The highest BCUT2D eigenvalue weighted by Crippen LogP contribution is 2.33. The number of hydrogen-bond acceptors (Lipinski definition) is 2. The van der Waals surface area contributed by atoms with Crippen LogP contribution < -0.4 is 4.74 Å². The molecule has 7 heteroatoms. The van der Waals surface area contributed by atoms with Gasteiger partial charge in [-0.3, -0.25) is 4.79 Å². The first-order valence-corrected chi connectivity index (χ1v) is 5.30. The highest BCUT2D eigenvalue weighted by Gasteiger charge is 2.41. The predicted molar refractivity (Wildman–Crippen MR) is 55.7 cm³/mol. The number of ketones is 1. The summed E-state index contributed by atoms with van der Waals surface area (Å²) < 4.78 is 55.1. The summed E-state index contributed by atoms with van der Waals surface area (Å²) in [7, 11) is 0. The molecule has 0 fully saturated rings. The summed E-state index contributed by atoms with van der Waals surface area (Å²) in [6.45, 7) is 1.61. The Balaban J connectivity index is 3.28. The van der Waals surface area contributed by atoms with Crippen LogP contribution in [0.25, 0.3) is 0 Å². The molecule has 0 aromatic heterocycles. The zero-order chi connectivity index (χ0) is 13.2. The molecule has 0 aliphatic carbocycles. The summed E-state index contributed by atoms with van der Waals surface area (Å²) in [6.07, 6.45) is -5.11. The Morgan fingerprint density at radius 3 is 2.47 bits per heavy atom. The molecule has 0 spiro atoms. The lowest BCUT2D eigenvalue weighted by molar-refractivity contribution is -0.0887. The molecule has 1 aromatic rings. The van der Waals surface area contributed by atoms with E-state index in [0.717, 1.165) is 12.1 Å². The predicted octanol–water partition coefficient (Wildman–Crippen LogP) is 3.73. The van der Waals surface area contributed by atoms with Crippen LogP contribution in [0, 0.1) is 5.82 Å². The van der Waals surface area contributed by atoms with E-state index in [4.69, 9.17) is 4.74 Å². The number of halogens is 5. The minimum absolute atomic E-state index is 0.0686. The van der Waals surface area contributed by atoms with E-state index in [-0.39, 0.29) is 11.1 Å². The van der Waals surface area contributed by atoms with Gasteiger partial charge in [-0.1, -0.05) is 0 Å². The van der Waals surface area contributed by atoms with Crippen LogP contribution in [0.5, 0.6) is 5.75 Å². The van der Waals surface area contributed by atoms with Gasteiger partial charge in [-0.05, 0) is 35.0 Å². The fourth-order valence-electron chi connectivity index (χ4n) is 1.14. The molecular formula is C10H7BrF4O2. The van der Waals surface area contributed by atoms with Crippen molar-refractivity contribution in [3.63, 3.8) is 0 Å². The van der Waals surface area contributed by atoms with Crippen LogP contribution >= 0.6 is 15.9 Å². The van der Waals surface area contributed by atoms with Gasteiger partial charge in [0.1, 0.15) is 0 Å². The summed E-state index contributed by atoms with van der Waals surface area (Å²) in [4.78, 5) is 10.9. The first kappa shape index (κ1) is 14.0. The van der Waals surface area contributed by atoms with E-state index in [1.807, 2.05) is 0 Å².